The zero-order chi connectivity index (χ0) is 12.3. The number of carbonyl (C=O) groups excluding carboxylic acids is 1. The number of hydrogen-bond acceptors (Lipinski definition) is 6. The molecule has 88 valence electrons. The molecule has 16 heavy (non-hydrogen) atoms. The molecule has 0 aliphatic carbocycles. The molecule has 1 aromatic rings. The van der Waals surface area contributed by atoms with E-state index in [9.17, 15) is 14.9 Å². The van der Waals surface area contributed by atoms with Crippen molar-refractivity contribution in [2.24, 2.45) is 0 Å². The van der Waals surface area contributed by atoms with Crippen LogP contribution in [0.4, 0.5) is 11.6 Å². The quantitative estimate of drug-likeness (QED) is 0.448. The highest BCUT2D eigenvalue weighted by molar-refractivity contribution is 5.65. The van der Waals surface area contributed by atoms with E-state index in [2.05, 4.69) is 4.98 Å². The van der Waals surface area contributed by atoms with Gasteiger partial charge in [0.05, 0.1) is 0 Å². The number of nitrogens with two attached hydrogens (primary N) is 1. The standard InChI is InChI=1S/C8H12N4O4/c1-5-10-7(9)8(12(14)15)11(5)3-4-16-6(2)13/h3-4,9H2,1-2H3. The molecule has 0 aromatic carbocycles. The Balaban J connectivity index is 2.86. The Kier molecular flexibility index (Phi) is 3.44. The van der Waals surface area contributed by atoms with Crippen molar-refractivity contribution in [2.75, 3.05) is 12.3 Å². The van der Waals surface area contributed by atoms with Crippen LogP contribution in [0.1, 0.15) is 12.7 Å². The third-order valence-electron chi connectivity index (χ3n) is 1.95. The smallest absolute Gasteiger partial charge is 0.367 e. The second kappa shape index (κ2) is 4.60. The number of aryl methyl sites for hydroxylation is 1. The molecule has 2 N–H and O–H groups in total. The number of anilines is 1. The van der Waals surface area contributed by atoms with Gasteiger partial charge in [0, 0.05) is 13.8 Å². The van der Waals surface area contributed by atoms with E-state index in [0.717, 1.165) is 0 Å². The van der Waals surface area contributed by atoms with Gasteiger partial charge in [-0.25, -0.2) is 4.57 Å². The molecule has 0 atom stereocenters. The van der Waals surface area contributed by atoms with Crippen LogP contribution in [0.25, 0.3) is 0 Å². The molecule has 0 saturated heterocycles. The van der Waals surface area contributed by atoms with E-state index in [4.69, 9.17) is 10.5 Å². The van der Waals surface area contributed by atoms with E-state index in [1.54, 1.807) is 6.92 Å². The molecular weight excluding hydrogens is 216 g/mol. The first kappa shape index (κ1) is 12.0. The first-order valence-electron chi connectivity index (χ1n) is 4.54. The molecule has 1 rings (SSSR count). The fourth-order valence-corrected chi connectivity index (χ4v) is 1.32. The lowest BCUT2D eigenvalue weighted by Gasteiger charge is -2.03. The first-order valence-corrected chi connectivity index (χ1v) is 4.54. The highest BCUT2D eigenvalue weighted by Gasteiger charge is 2.23. The van der Waals surface area contributed by atoms with E-state index < -0.39 is 10.9 Å². The third kappa shape index (κ3) is 2.47. The second-order valence-corrected chi connectivity index (χ2v) is 3.12. The van der Waals surface area contributed by atoms with Crippen molar-refractivity contribution in [1.29, 1.82) is 0 Å². The first-order chi connectivity index (χ1) is 7.43. The van der Waals surface area contributed by atoms with Gasteiger partial charge in [0.25, 0.3) is 0 Å². The Morgan fingerprint density at radius 2 is 2.31 bits per heavy atom. The number of ether oxygens (including phenoxy) is 1. The molecule has 0 aliphatic rings. The summed E-state index contributed by atoms with van der Waals surface area (Å²) in [5.74, 6) is -0.431. The van der Waals surface area contributed by atoms with E-state index in [1.165, 1.54) is 11.5 Å². The molecular formula is C8H12N4O4. The molecule has 0 spiro atoms. The van der Waals surface area contributed by atoms with Gasteiger partial charge in [0.1, 0.15) is 13.2 Å². The van der Waals surface area contributed by atoms with Gasteiger partial charge in [-0.15, -0.1) is 0 Å². The number of nitro groups is 1. The molecule has 0 fully saturated rings. The molecule has 8 heteroatoms. The minimum absolute atomic E-state index is 0.0484. The molecule has 1 heterocycles. The maximum Gasteiger partial charge on any atom is 0.367 e. The van der Waals surface area contributed by atoms with Gasteiger partial charge in [-0.3, -0.25) is 4.79 Å². The normalized spacial score (nSPS) is 10.1. The Hall–Kier alpha value is -2.12. The SMILES string of the molecule is CC(=O)OCCn1c(C)nc(N)c1[N+](=O)[O-]. The van der Waals surface area contributed by atoms with Crippen molar-refractivity contribution in [2.45, 2.75) is 20.4 Å². The fraction of sp³-hybridized carbons (Fsp3) is 0.500. The van der Waals surface area contributed by atoms with Gasteiger partial charge in [-0.2, -0.15) is 4.98 Å². The minimum Gasteiger partial charge on any atom is -0.462 e. The fourth-order valence-electron chi connectivity index (χ4n) is 1.32. The van der Waals surface area contributed by atoms with Crippen LogP contribution >= 0.6 is 0 Å². The molecule has 0 unspecified atom stereocenters. The van der Waals surface area contributed by atoms with Crippen LogP contribution in [0, 0.1) is 17.0 Å². The lowest BCUT2D eigenvalue weighted by molar-refractivity contribution is -0.391. The number of esters is 1. The van der Waals surface area contributed by atoms with E-state index in [-0.39, 0.29) is 24.8 Å². The van der Waals surface area contributed by atoms with E-state index >= 15 is 0 Å². The third-order valence-corrected chi connectivity index (χ3v) is 1.95. The highest BCUT2D eigenvalue weighted by atomic mass is 16.6. The van der Waals surface area contributed by atoms with Crippen molar-refractivity contribution in [1.82, 2.24) is 9.55 Å². The maximum atomic E-state index is 10.7. The monoisotopic (exact) mass is 228 g/mol. The summed E-state index contributed by atoms with van der Waals surface area (Å²) >= 11 is 0. The van der Waals surface area contributed by atoms with E-state index in [0.29, 0.717) is 5.82 Å². The van der Waals surface area contributed by atoms with Gasteiger partial charge < -0.3 is 20.6 Å². The number of rotatable bonds is 4. The summed E-state index contributed by atoms with van der Waals surface area (Å²) in [5, 5.41) is 10.7. The van der Waals surface area contributed by atoms with Crippen molar-refractivity contribution < 1.29 is 14.5 Å². The second-order valence-electron chi connectivity index (χ2n) is 3.12. The summed E-state index contributed by atoms with van der Waals surface area (Å²) < 4.78 is 6.00. The average molecular weight is 228 g/mol. The number of aromatic nitrogens is 2. The van der Waals surface area contributed by atoms with Gasteiger partial charge in [0.15, 0.2) is 5.82 Å². The van der Waals surface area contributed by atoms with Gasteiger partial charge in [0.2, 0.25) is 5.82 Å². The van der Waals surface area contributed by atoms with Gasteiger partial charge >= 0.3 is 11.8 Å². The Morgan fingerprint density at radius 1 is 1.69 bits per heavy atom. The van der Waals surface area contributed by atoms with Crippen LogP contribution in [0.3, 0.4) is 0 Å². The lowest BCUT2D eigenvalue weighted by Crippen LogP contribution is -2.12. The summed E-state index contributed by atoms with van der Waals surface area (Å²) in [7, 11) is 0. The van der Waals surface area contributed by atoms with Crippen molar-refractivity contribution >= 4 is 17.6 Å². The summed E-state index contributed by atoms with van der Waals surface area (Å²) in [6.07, 6.45) is 0. The minimum atomic E-state index is -0.608. The number of nitrogens with zero attached hydrogens (tertiary/aromatic N) is 3. The van der Waals surface area contributed by atoms with Gasteiger partial charge in [-0.05, 0) is 4.92 Å². The van der Waals surface area contributed by atoms with E-state index in [1.807, 2.05) is 0 Å². The number of nitrogen functional groups attached to an aromatic ring is 1. The van der Waals surface area contributed by atoms with Crippen LogP contribution in [-0.2, 0) is 16.1 Å². The zero-order valence-corrected chi connectivity index (χ0v) is 8.97. The number of hydrogen-bond donors (Lipinski definition) is 1. The largest absolute Gasteiger partial charge is 0.462 e. The van der Waals surface area contributed by atoms with Crippen LogP contribution in [0.5, 0.6) is 0 Å². The molecule has 0 amide bonds. The average Bonchev–Trinajstić information content (AvgIpc) is 2.40. The summed E-state index contributed by atoms with van der Waals surface area (Å²) in [4.78, 5) is 24.4. The van der Waals surface area contributed by atoms with Crippen LogP contribution in [0.15, 0.2) is 0 Å². The number of imidazole rings is 1. The Morgan fingerprint density at radius 3 is 2.81 bits per heavy atom. The molecule has 1 aromatic heterocycles. The predicted octanol–water partition coefficient (Wildman–Crippen LogP) is 0.245. The van der Waals surface area contributed by atoms with Crippen LogP contribution in [0.2, 0.25) is 0 Å². The summed E-state index contributed by atoms with van der Waals surface area (Å²) in [5.41, 5.74) is 5.39. The van der Waals surface area contributed by atoms with Crippen molar-refractivity contribution in [3.8, 4) is 0 Å². The van der Waals surface area contributed by atoms with Crippen LogP contribution in [-0.4, -0.2) is 27.1 Å². The topological polar surface area (TPSA) is 113 Å². The van der Waals surface area contributed by atoms with Gasteiger partial charge in [-0.1, -0.05) is 0 Å². The van der Waals surface area contributed by atoms with Crippen molar-refractivity contribution in [3.05, 3.63) is 15.9 Å². The number of carbonyl (C=O) groups is 1. The Labute approximate surface area is 91.2 Å². The predicted molar refractivity (Wildman–Crippen MR) is 54.7 cm³/mol. The highest BCUT2D eigenvalue weighted by Crippen LogP contribution is 2.21. The van der Waals surface area contributed by atoms with Crippen molar-refractivity contribution in [3.63, 3.8) is 0 Å². The summed E-state index contributed by atoms with van der Waals surface area (Å²) in [6, 6.07) is 0. The molecule has 0 bridgehead atoms. The van der Waals surface area contributed by atoms with Crippen LogP contribution < -0.4 is 5.73 Å². The molecule has 0 aliphatic heterocycles. The maximum absolute atomic E-state index is 10.7. The summed E-state index contributed by atoms with van der Waals surface area (Å²) in [6.45, 7) is 3.07. The lowest BCUT2D eigenvalue weighted by atomic mass is 10.5. The Bertz CT molecular complexity index is 426. The zero-order valence-electron chi connectivity index (χ0n) is 8.97. The molecule has 8 nitrogen and oxygen atoms in total. The molecule has 0 radical (unpaired) electrons. The molecule has 0 saturated carbocycles.